The van der Waals surface area contributed by atoms with E-state index in [0.29, 0.717) is 16.3 Å². The molecule has 0 aliphatic carbocycles. The number of hydrogen-bond acceptors (Lipinski definition) is 2. The Bertz CT molecular complexity index is 416. The molecule has 0 bridgehead atoms. The van der Waals surface area contributed by atoms with Crippen LogP contribution in [0.15, 0.2) is 12.1 Å². The summed E-state index contributed by atoms with van der Waals surface area (Å²) >= 11 is 11.9. The Hall–Kier alpha value is -0.470. The van der Waals surface area contributed by atoms with Crippen LogP contribution in [0.25, 0.3) is 0 Å². The zero-order chi connectivity index (χ0) is 13.2. The van der Waals surface area contributed by atoms with Crippen molar-refractivity contribution in [3.8, 4) is 0 Å². The number of anilines is 1. The molecule has 100 valence electrons. The highest BCUT2D eigenvalue weighted by Gasteiger charge is 2.35. The SMILES string of the molecule is CCC1(CC)CCN(c2ccc(Cl)c(CCl)n2)C1. The third-order valence-electron chi connectivity index (χ3n) is 4.29. The third-order valence-corrected chi connectivity index (χ3v) is 4.89. The van der Waals surface area contributed by atoms with Gasteiger partial charge in [-0.1, -0.05) is 25.4 Å². The molecule has 1 aromatic heterocycles. The van der Waals surface area contributed by atoms with Crippen molar-refractivity contribution in [2.45, 2.75) is 39.0 Å². The summed E-state index contributed by atoms with van der Waals surface area (Å²) in [4.78, 5) is 6.93. The van der Waals surface area contributed by atoms with E-state index < -0.39 is 0 Å². The number of halogens is 2. The van der Waals surface area contributed by atoms with Crippen LogP contribution < -0.4 is 4.90 Å². The van der Waals surface area contributed by atoms with Gasteiger partial charge in [0, 0.05) is 13.1 Å². The Balaban J connectivity index is 2.19. The fourth-order valence-corrected chi connectivity index (χ4v) is 3.14. The minimum Gasteiger partial charge on any atom is -0.356 e. The lowest BCUT2D eigenvalue weighted by Crippen LogP contribution is -2.26. The molecule has 18 heavy (non-hydrogen) atoms. The van der Waals surface area contributed by atoms with E-state index in [9.17, 15) is 0 Å². The van der Waals surface area contributed by atoms with Gasteiger partial charge in [0.2, 0.25) is 0 Å². The highest BCUT2D eigenvalue weighted by molar-refractivity contribution is 6.32. The summed E-state index contributed by atoms with van der Waals surface area (Å²) in [5.74, 6) is 1.38. The van der Waals surface area contributed by atoms with Gasteiger partial charge in [-0.2, -0.15) is 0 Å². The maximum absolute atomic E-state index is 6.05. The average molecular weight is 287 g/mol. The Labute approximate surface area is 119 Å². The van der Waals surface area contributed by atoms with E-state index in [-0.39, 0.29) is 0 Å². The topological polar surface area (TPSA) is 16.1 Å². The highest BCUT2D eigenvalue weighted by atomic mass is 35.5. The summed E-state index contributed by atoms with van der Waals surface area (Å²) in [5.41, 5.74) is 1.24. The molecule has 1 saturated heterocycles. The van der Waals surface area contributed by atoms with Crippen molar-refractivity contribution in [2.75, 3.05) is 18.0 Å². The van der Waals surface area contributed by atoms with Crippen LogP contribution >= 0.6 is 23.2 Å². The summed E-state index contributed by atoms with van der Waals surface area (Å²) in [6, 6.07) is 3.90. The molecule has 2 nitrogen and oxygen atoms in total. The van der Waals surface area contributed by atoms with Crippen molar-refractivity contribution in [3.05, 3.63) is 22.8 Å². The van der Waals surface area contributed by atoms with Crippen molar-refractivity contribution in [3.63, 3.8) is 0 Å². The smallest absolute Gasteiger partial charge is 0.128 e. The van der Waals surface area contributed by atoms with Gasteiger partial charge in [0.1, 0.15) is 5.82 Å². The van der Waals surface area contributed by atoms with Crippen molar-refractivity contribution < 1.29 is 0 Å². The number of rotatable bonds is 4. The van der Waals surface area contributed by atoms with Crippen LogP contribution in [-0.2, 0) is 5.88 Å². The van der Waals surface area contributed by atoms with E-state index in [2.05, 4.69) is 23.7 Å². The van der Waals surface area contributed by atoms with Crippen molar-refractivity contribution >= 4 is 29.0 Å². The second kappa shape index (κ2) is 5.66. The molecule has 0 aromatic carbocycles. The van der Waals surface area contributed by atoms with Crippen molar-refractivity contribution in [2.24, 2.45) is 5.41 Å². The highest BCUT2D eigenvalue weighted by Crippen LogP contribution is 2.38. The zero-order valence-electron chi connectivity index (χ0n) is 11.0. The van der Waals surface area contributed by atoms with Crippen molar-refractivity contribution in [1.82, 2.24) is 4.98 Å². The molecule has 0 saturated carbocycles. The van der Waals surface area contributed by atoms with Gasteiger partial charge in [0.15, 0.2) is 0 Å². The molecule has 1 fully saturated rings. The van der Waals surface area contributed by atoms with Crippen LogP contribution in [0.5, 0.6) is 0 Å². The molecular formula is C14H20Cl2N2. The predicted molar refractivity (Wildman–Crippen MR) is 78.6 cm³/mol. The minimum atomic E-state index is 0.368. The molecule has 0 radical (unpaired) electrons. The Kier molecular flexibility index (Phi) is 4.39. The van der Waals surface area contributed by atoms with Gasteiger partial charge in [-0.05, 0) is 36.8 Å². The molecule has 2 rings (SSSR count). The fourth-order valence-electron chi connectivity index (χ4n) is 2.70. The van der Waals surface area contributed by atoms with E-state index in [0.717, 1.165) is 24.6 Å². The number of alkyl halides is 1. The van der Waals surface area contributed by atoms with E-state index >= 15 is 0 Å². The van der Waals surface area contributed by atoms with Crippen LogP contribution in [0.4, 0.5) is 5.82 Å². The van der Waals surface area contributed by atoms with E-state index in [4.69, 9.17) is 23.2 Å². The first-order valence-electron chi connectivity index (χ1n) is 6.60. The van der Waals surface area contributed by atoms with E-state index in [1.807, 2.05) is 12.1 Å². The van der Waals surface area contributed by atoms with Gasteiger partial charge in [-0.15, -0.1) is 11.6 Å². The number of aromatic nitrogens is 1. The molecular weight excluding hydrogens is 267 g/mol. The molecule has 0 amide bonds. The van der Waals surface area contributed by atoms with Gasteiger partial charge in [0.25, 0.3) is 0 Å². The fraction of sp³-hybridized carbons (Fsp3) is 0.643. The summed E-state index contributed by atoms with van der Waals surface area (Å²) in [5, 5.41) is 0.658. The van der Waals surface area contributed by atoms with E-state index in [1.54, 1.807) is 0 Å². The van der Waals surface area contributed by atoms with Gasteiger partial charge < -0.3 is 4.90 Å². The van der Waals surface area contributed by atoms with Gasteiger partial charge in [0.05, 0.1) is 16.6 Å². The molecule has 4 heteroatoms. The number of pyridine rings is 1. The maximum atomic E-state index is 6.05. The standard InChI is InChI=1S/C14H20Cl2N2/c1-3-14(4-2)7-8-18(10-14)13-6-5-11(16)12(9-15)17-13/h5-6H,3-4,7-10H2,1-2H3. The monoisotopic (exact) mass is 286 g/mol. The lowest BCUT2D eigenvalue weighted by Gasteiger charge is -2.26. The van der Waals surface area contributed by atoms with Crippen LogP contribution in [0.3, 0.4) is 0 Å². The molecule has 0 N–H and O–H groups in total. The molecule has 1 aliphatic heterocycles. The first kappa shape index (κ1) is 14.0. The Morgan fingerprint density at radius 2 is 2.06 bits per heavy atom. The van der Waals surface area contributed by atoms with Crippen LogP contribution in [0, 0.1) is 5.41 Å². The van der Waals surface area contributed by atoms with Crippen LogP contribution in [0.1, 0.15) is 38.8 Å². The molecule has 1 aromatic rings. The molecule has 2 heterocycles. The molecule has 0 atom stereocenters. The Morgan fingerprint density at radius 1 is 1.33 bits per heavy atom. The van der Waals surface area contributed by atoms with Crippen molar-refractivity contribution in [1.29, 1.82) is 0 Å². The Morgan fingerprint density at radius 3 is 2.61 bits per heavy atom. The summed E-state index contributed by atoms with van der Waals surface area (Å²) in [7, 11) is 0. The molecule has 0 spiro atoms. The van der Waals surface area contributed by atoms with Crippen LogP contribution in [0.2, 0.25) is 5.02 Å². The first-order valence-corrected chi connectivity index (χ1v) is 7.51. The quantitative estimate of drug-likeness (QED) is 0.758. The third kappa shape index (κ3) is 2.60. The zero-order valence-corrected chi connectivity index (χ0v) is 12.6. The largest absolute Gasteiger partial charge is 0.356 e. The van der Waals surface area contributed by atoms with Gasteiger partial charge in [-0.3, -0.25) is 0 Å². The average Bonchev–Trinajstić information content (AvgIpc) is 2.84. The second-order valence-electron chi connectivity index (χ2n) is 5.11. The maximum Gasteiger partial charge on any atom is 0.128 e. The van der Waals surface area contributed by atoms with Gasteiger partial charge in [-0.25, -0.2) is 4.98 Å². The lowest BCUT2D eigenvalue weighted by atomic mass is 9.82. The van der Waals surface area contributed by atoms with E-state index in [1.165, 1.54) is 19.3 Å². The summed E-state index contributed by atoms with van der Waals surface area (Å²) < 4.78 is 0. The number of nitrogens with zero attached hydrogens (tertiary/aromatic N) is 2. The van der Waals surface area contributed by atoms with Gasteiger partial charge >= 0.3 is 0 Å². The summed E-state index contributed by atoms with van der Waals surface area (Å²) in [6.07, 6.45) is 3.71. The predicted octanol–water partition coefficient (Wildman–Crippen LogP) is 4.49. The number of hydrogen-bond donors (Lipinski definition) is 0. The second-order valence-corrected chi connectivity index (χ2v) is 5.78. The molecule has 0 unspecified atom stereocenters. The minimum absolute atomic E-state index is 0.368. The first-order chi connectivity index (χ1) is 8.64. The molecule has 1 aliphatic rings. The normalized spacial score (nSPS) is 18.3. The van der Waals surface area contributed by atoms with Crippen LogP contribution in [-0.4, -0.2) is 18.1 Å². The lowest BCUT2D eigenvalue weighted by molar-refractivity contribution is 0.301. The summed E-state index contributed by atoms with van der Waals surface area (Å²) in [6.45, 7) is 6.74.